The normalized spacial score (nSPS) is 17.1. The van der Waals surface area contributed by atoms with Gasteiger partial charge in [0, 0.05) is 17.7 Å². The van der Waals surface area contributed by atoms with Crippen LogP contribution >= 0.6 is 0 Å². The van der Waals surface area contributed by atoms with Crippen molar-refractivity contribution in [2.45, 2.75) is 77.6 Å². The number of ether oxygens (including phenoxy) is 2. The van der Waals surface area contributed by atoms with Gasteiger partial charge in [0.1, 0.15) is 5.60 Å². The van der Waals surface area contributed by atoms with E-state index in [2.05, 4.69) is 10.4 Å². The highest BCUT2D eigenvalue weighted by atomic mass is 19.4. The predicted molar refractivity (Wildman–Crippen MR) is 175 cm³/mol. The second kappa shape index (κ2) is 13.8. The third kappa shape index (κ3) is 9.02. The molecule has 1 heterocycles. The summed E-state index contributed by atoms with van der Waals surface area (Å²) >= 11 is 0. The Kier molecular flexibility index (Phi) is 9.98. The summed E-state index contributed by atoms with van der Waals surface area (Å²) in [6.45, 7) is 6.82. The number of amides is 2. The number of hydrogen-bond donors (Lipinski definition) is 1. The van der Waals surface area contributed by atoms with Crippen LogP contribution in [0.2, 0.25) is 0 Å². The van der Waals surface area contributed by atoms with Gasteiger partial charge in [0.15, 0.2) is 6.61 Å². The number of alkyl halides is 3. The molecule has 2 aliphatic rings. The predicted octanol–water partition coefficient (Wildman–Crippen LogP) is 7.38. The van der Waals surface area contributed by atoms with Crippen molar-refractivity contribution >= 4 is 29.4 Å². The van der Waals surface area contributed by atoms with E-state index in [1.807, 2.05) is 57.2 Å². The Bertz CT molecular complexity index is 1660. The van der Waals surface area contributed by atoms with E-state index < -0.39 is 41.4 Å². The maximum absolute atomic E-state index is 13.7. The molecular formula is C37H40F3N3O5. The number of hydrazone groups is 1. The Morgan fingerprint density at radius 3 is 2.29 bits per heavy atom. The van der Waals surface area contributed by atoms with Crippen LogP contribution in [0.4, 0.5) is 18.9 Å². The number of carbonyl (C=O) groups excluding carboxylic acids is 3. The Morgan fingerprint density at radius 1 is 0.979 bits per heavy atom. The molecule has 1 fully saturated rings. The summed E-state index contributed by atoms with van der Waals surface area (Å²) in [6.07, 6.45) is -3.78. The van der Waals surface area contributed by atoms with Crippen LogP contribution in [0.3, 0.4) is 0 Å². The van der Waals surface area contributed by atoms with Crippen molar-refractivity contribution in [2.75, 3.05) is 11.9 Å². The lowest BCUT2D eigenvalue weighted by atomic mass is 9.83. The quantitative estimate of drug-likeness (QED) is 0.216. The van der Waals surface area contributed by atoms with Gasteiger partial charge in [-0.15, -0.1) is 5.10 Å². The number of rotatable bonds is 11. The van der Waals surface area contributed by atoms with Gasteiger partial charge >= 0.3 is 12.1 Å². The van der Waals surface area contributed by atoms with Gasteiger partial charge in [-0.1, -0.05) is 61.5 Å². The first-order chi connectivity index (χ1) is 22.6. The molecule has 0 aromatic heterocycles. The van der Waals surface area contributed by atoms with Gasteiger partial charge in [-0.25, -0.2) is 5.01 Å². The van der Waals surface area contributed by atoms with E-state index >= 15 is 0 Å². The Morgan fingerprint density at radius 2 is 1.67 bits per heavy atom. The summed E-state index contributed by atoms with van der Waals surface area (Å²) in [7, 11) is 0. The highest BCUT2D eigenvalue weighted by Gasteiger charge is 2.52. The number of nitrogens with one attached hydrogen (secondary N) is 1. The van der Waals surface area contributed by atoms with Crippen molar-refractivity contribution in [1.29, 1.82) is 0 Å². The molecule has 5 rings (SSSR count). The SMILES string of the molecule is CC(CC(F)(F)F)[C@@H](C(=O)Nc1cccc(CC2(C(=O)OC(C)(C)C)CC2)c1)c1ccc(CN2N=C(c3ccccc3)OCC2=O)cc1. The van der Waals surface area contributed by atoms with Crippen LogP contribution in [0.5, 0.6) is 0 Å². The summed E-state index contributed by atoms with van der Waals surface area (Å²) in [6, 6.07) is 22.8. The largest absolute Gasteiger partial charge is 0.466 e. The van der Waals surface area contributed by atoms with Gasteiger partial charge < -0.3 is 14.8 Å². The van der Waals surface area contributed by atoms with Gasteiger partial charge in [-0.2, -0.15) is 13.2 Å². The molecule has 1 saturated carbocycles. The first-order valence-corrected chi connectivity index (χ1v) is 16.0. The average molecular weight is 664 g/mol. The zero-order valence-corrected chi connectivity index (χ0v) is 27.5. The molecule has 0 radical (unpaired) electrons. The van der Waals surface area contributed by atoms with Crippen LogP contribution in [0.15, 0.2) is 84.0 Å². The fourth-order valence-corrected chi connectivity index (χ4v) is 5.83. The minimum atomic E-state index is -4.47. The molecule has 0 bridgehead atoms. The van der Waals surface area contributed by atoms with Crippen LogP contribution in [-0.2, 0) is 36.8 Å². The van der Waals surface area contributed by atoms with Crippen molar-refractivity contribution in [1.82, 2.24) is 5.01 Å². The van der Waals surface area contributed by atoms with Crippen LogP contribution in [-0.4, -0.2) is 47.1 Å². The molecule has 1 unspecified atom stereocenters. The Hall–Kier alpha value is -4.67. The van der Waals surface area contributed by atoms with E-state index in [9.17, 15) is 27.6 Å². The summed E-state index contributed by atoms with van der Waals surface area (Å²) in [5.74, 6) is -3.05. The van der Waals surface area contributed by atoms with Crippen molar-refractivity contribution < 1.29 is 37.0 Å². The monoisotopic (exact) mass is 663 g/mol. The first kappa shape index (κ1) is 34.7. The van der Waals surface area contributed by atoms with Crippen molar-refractivity contribution in [3.8, 4) is 0 Å². The van der Waals surface area contributed by atoms with E-state index in [0.29, 0.717) is 42.0 Å². The van der Waals surface area contributed by atoms with E-state index in [1.54, 1.807) is 42.5 Å². The van der Waals surface area contributed by atoms with E-state index in [4.69, 9.17) is 9.47 Å². The average Bonchev–Trinajstić information content (AvgIpc) is 3.79. The van der Waals surface area contributed by atoms with Crippen LogP contribution < -0.4 is 5.32 Å². The Balaban J connectivity index is 1.32. The molecule has 1 aliphatic heterocycles. The zero-order valence-electron chi connectivity index (χ0n) is 27.5. The molecule has 0 saturated heterocycles. The van der Waals surface area contributed by atoms with Crippen molar-refractivity contribution in [3.05, 3.63) is 101 Å². The molecule has 8 nitrogen and oxygen atoms in total. The van der Waals surface area contributed by atoms with E-state index in [-0.39, 0.29) is 25.0 Å². The first-order valence-electron chi connectivity index (χ1n) is 16.0. The maximum atomic E-state index is 13.7. The summed E-state index contributed by atoms with van der Waals surface area (Å²) < 4.78 is 51.8. The second-order valence-electron chi connectivity index (χ2n) is 13.7. The minimum absolute atomic E-state index is 0.116. The number of esters is 1. The van der Waals surface area contributed by atoms with Gasteiger partial charge in [-0.3, -0.25) is 14.4 Å². The van der Waals surface area contributed by atoms with Gasteiger partial charge in [0.05, 0.1) is 17.9 Å². The number of hydrogen-bond acceptors (Lipinski definition) is 6. The molecule has 3 aromatic rings. The molecule has 2 amide bonds. The lowest BCUT2D eigenvalue weighted by Gasteiger charge is -2.26. The van der Waals surface area contributed by atoms with Crippen LogP contribution in [0.25, 0.3) is 0 Å². The smallest absolute Gasteiger partial charge is 0.389 e. The fourth-order valence-electron chi connectivity index (χ4n) is 5.83. The molecule has 2 atom stereocenters. The summed E-state index contributed by atoms with van der Waals surface area (Å²) in [4.78, 5) is 39.1. The second-order valence-corrected chi connectivity index (χ2v) is 13.7. The molecule has 1 N–H and O–H groups in total. The third-order valence-electron chi connectivity index (χ3n) is 8.35. The lowest BCUT2D eigenvalue weighted by molar-refractivity contribution is -0.161. The lowest BCUT2D eigenvalue weighted by Crippen LogP contribution is -2.36. The molecular weight excluding hydrogens is 623 g/mol. The maximum Gasteiger partial charge on any atom is 0.389 e. The number of carbonyl (C=O) groups is 3. The molecule has 254 valence electrons. The van der Waals surface area contributed by atoms with Gasteiger partial charge in [0.25, 0.3) is 5.91 Å². The fraction of sp³-hybridized carbons (Fsp3) is 0.405. The zero-order chi connectivity index (χ0) is 34.7. The number of nitrogens with zero attached hydrogens (tertiary/aromatic N) is 2. The van der Waals surface area contributed by atoms with Gasteiger partial charge in [-0.05, 0) is 86.9 Å². The number of benzene rings is 3. The van der Waals surface area contributed by atoms with E-state index in [1.165, 1.54) is 11.9 Å². The summed E-state index contributed by atoms with van der Waals surface area (Å²) in [5, 5.41) is 8.46. The van der Waals surface area contributed by atoms with Crippen molar-refractivity contribution in [2.24, 2.45) is 16.4 Å². The molecule has 48 heavy (non-hydrogen) atoms. The third-order valence-corrected chi connectivity index (χ3v) is 8.35. The number of halogens is 3. The Labute approximate surface area is 278 Å². The van der Waals surface area contributed by atoms with Crippen LogP contribution in [0, 0.1) is 11.3 Å². The van der Waals surface area contributed by atoms with Gasteiger partial charge in [0.2, 0.25) is 11.8 Å². The molecule has 0 spiro atoms. The highest BCUT2D eigenvalue weighted by Crippen LogP contribution is 2.50. The number of anilines is 1. The highest BCUT2D eigenvalue weighted by molar-refractivity contribution is 5.98. The molecule has 11 heteroatoms. The topological polar surface area (TPSA) is 97.3 Å². The molecule has 3 aromatic carbocycles. The van der Waals surface area contributed by atoms with E-state index in [0.717, 1.165) is 11.1 Å². The molecule has 1 aliphatic carbocycles. The minimum Gasteiger partial charge on any atom is -0.466 e. The standard InChI is InChI=1S/C37H40F3N3O5/c1-24(20-37(38,39)40)31(32(45)41-29-12-8-9-26(19-29)21-36(17-18-36)34(46)48-35(2,3)4)27-15-13-25(14-16-27)22-43-30(44)23-47-33(42-43)28-10-6-5-7-11-28/h5-16,19,24,31H,17-18,20-23H2,1-4H3,(H,41,45)/t24?,31-/m1/s1. The summed E-state index contributed by atoms with van der Waals surface area (Å²) in [5.41, 5.74) is 1.84. The van der Waals surface area contributed by atoms with Crippen molar-refractivity contribution in [3.63, 3.8) is 0 Å². The van der Waals surface area contributed by atoms with Crippen LogP contribution in [0.1, 0.15) is 75.1 Å².